The first kappa shape index (κ1) is 13.1. The van der Waals surface area contributed by atoms with E-state index in [2.05, 4.69) is 0 Å². The fourth-order valence-corrected chi connectivity index (χ4v) is 4.25. The molecule has 4 nitrogen and oxygen atoms in total. The molecule has 2 saturated carbocycles. The second kappa shape index (κ2) is 3.83. The summed E-state index contributed by atoms with van der Waals surface area (Å²) in [5.74, 6) is -0.189. The summed E-state index contributed by atoms with van der Waals surface area (Å²) in [6, 6.07) is 0. The average molecular weight is 266 g/mol. The van der Waals surface area contributed by atoms with Crippen molar-refractivity contribution >= 4 is 5.97 Å². The molecule has 0 aromatic rings. The van der Waals surface area contributed by atoms with Gasteiger partial charge in [-0.25, -0.2) is 4.79 Å². The van der Waals surface area contributed by atoms with Crippen LogP contribution in [-0.2, 0) is 9.53 Å². The molecule has 1 aliphatic heterocycles. The smallest absolute Gasteiger partial charge is 0.334 e. The van der Waals surface area contributed by atoms with Gasteiger partial charge in [-0.3, -0.25) is 0 Å². The number of hydrogen-bond acceptors (Lipinski definition) is 4. The lowest BCUT2D eigenvalue weighted by Crippen LogP contribution is -2.41. The largest absolute Gasteiger partial charge is 0.454 e. The summed E-state index contributed by atoms with van der Waals surface area (Å²) in [6.45, 7) is 5.45. The fourth-order valence-electron chi connectivity index (χ4n) is 4.25. The number of hydrogen-bond donors (Lipinski definition) is 2. The lowest BCUT2D eigenvalue weighted by atomic mass is 9.76. The van der Waals surface area contributed by atoms with E-state index in [9.17, 15) is 15.0 Å². The quantitative estimate of drug-likeness (QED) is 0.653. The van der Waals surface area contributed by atoms with E-state index in [0.717, 1.165) is 12.0 Å². The number of ether oxygens (including phenoxy) is 1. The molecule has 4 heteroatoms. The van der Waals surface area contributed by atoms with Crippen LogP contribution < -0.4 is 0 Å². The second-order valence-electron chi connectivity index (χ2n) is 6.92. The Morgan fingerprint density at radius 3 is 2.58 bits per heavy atom. The Bertz CT molecular complexity index is 461. The Morgan fingerprint density at radius 2 is 1.89 bits per heavy atom. The highest BCUT2D eigenvalue weighted by Crippen LogP contribution is 2.53. The van der Waals surface area contributed by atoms with E-state index in [4.69, 9.17) is 4.74 Å². The van der Waals surface area contributed by atoms with Gasteiger partial charge in [-0.05, 0) is 57.4 Å². The van der Waals surface area contributed by atoms with Crippen molar-refractivity contribution in [3.8, 4) is 0 Å². The maximum Gasteiger partial charge on any atom is 0.334 e. The molecule has 2 fully saturated rings. The minimum Gasteiger partial charge on any atom is -0.454 e. The first-order chi connectivity index (χ1) is 8.72. The van der Waals surface area contributed by atoms with Gasteiger partial charge in [0.1, 0.15) is 6.10 Å². The van der Waals surface area contributed by atoms with Crippen LogP contribution in [0.1, 0.15) is 46.5 Å². The minimum absolute atomic E-state index is 0.00644. The number of carbonyl (C=O) groups is 1. The first-order valence-corrected chi connectivity index (χ1v) is 7.08. The third-order valence-corrected chi connectivity index (χ3v) is 5.51. The lowest BCUT2D eigenvalue weighted by Gasteiger charge is -2.35. The SMILES string of the molecule is CC1=C2C[C@H]3[C@H](CC[C@@]3(C)O)[C@](C)(O)C[C@@H]2OC1=O. The van der Waals surface area contributed by atoms with Gasteiger partial charge in [0.25, 0.3) is 0 Å². The van der Waals surface area contributed by atoms with Gasteiger partial charge in [-0.15, -0.1) is 0 Å². The topological polar surface area (TPSA) is 66.8 Å². The summed E-state index contributed by atoms with van der Waals surface area (Å²) >= 11 is 0. The van der Waals surface area contributed by atoms with Gasteiger partial charge in [0.15, 0.2) is 0 Å². The van der Waals surface area contributed by atoms with Crippen LogP contribution in [0.4, 0.5) is 0 Å². The summed E-state index contributed by atoms with van der Waals surface area (Å²) in [6.07, 6.45) is 2.35. The standard InChI is InChI=1S/C15H22O4/c1-8-9-6-11-10(4-5-14(11,2)17)15(3,18)7-12(9)19-13(8)16/h10-12,17-18H,4-7H2,1-3H3/t10-,11-,12-,14+,15+/m0/s1. The van der Waals surface area contributed by atoms with E-state index < -0.39 is 11.2 Å². The molecule has 0 aromatic heterocycles. The number of aliphatic hydroxyl groups is 2. The molecule has 106 valence electrons. The number of rotatable bonds is 0. The van der Waals surface area contributed by atoms with Crippen LogP contribution in [0.2, 0.25) is 0 Å². The van der Waals surface area contributed by atoms with Gasteiger partial charge in [0, 0.05) is 12.0 Å². The maximum absolute atomic E-state index is 11.7. The molecule has 3 aliphatic rings. The fraction of sp³-hybridized carbons (Fsp3) is 0.800. The van der Waals surface area contributed by atoms with Gasteiger partial charge in [-0.2, -0.15) is 0 Å². The molecule has 3 rings (SSSR count). The van der Waals surface area contributed by atoms with E-state index in [0.29, 0.717) is 24.8 Å². The summed E-state index contributed by atoms with van der Waals surface area (Å²) in [7, 11) is 0. The zero-order valence-electron chi connectivity index (χ0n) is 11.8. The zero-order chi connectivity index (χ0) is 14.0. The first-order valence-electron chi connectivity index (χ1n) is 7.08. The Hall–Kier alpha value is -0.870. The highest BCUT2D eigenvalue weighted by Gasteiger charge is 2.55. The Balaban J connectivity index is 2.04. The lowest BCUT2D eigenvalue weighted by molar-refractivity contribution is -0.142. The third-order valence-electron chi connectivity index (χ3n) is 5.51. The van der Waals surface area contributed by atoms with Crippen molar-refractivity contribution in [2.75, 3.05) is 0 Å². The molecule has 0 spiro atoms. The summed E-state index contributed by atoms with van der Waals surface area (Å²) in [5, 5.41) is 21.3. The Morgan fingerprint density at radius 1 is 1.21 bits per heavy atom. The van der Waals surface area contributed by atoms with Crippen molar-refractivity contribution in [1.29, 1.82) is 0 Å². The van der Waals surface area contributed by atoms with E-state index in [1.165, 1.54) is 0 Å². The number of esters is 1. The molecule has 0 amide bonds. The molecule has 0 bridgehead atoms. The number of fused-ring (bicyclic) bond motifs is 2. The van der Waals surface area contributed by atoms with E-state index in [1.54, 1.807) is 6.92 Å². The Labute approximate surface area is 113 Å². The van der Waals surface area contributed by atoms with Crippen molar-refractivity contribution in [2.45, 2.75) is 63.8 Å². The molecular formula is C15H22O4. The van der Waals surface area contributed by atoms with Crippen molar-refractivity contribution < 1.29 is 19.7 Å². The van der Waals surface area contributed by atoms with Gasteiger partial charge in [0.05, 0.1) is 11.2 Å². The molecule has 2 N–H and O–H groups in total. The highest BCUT2D eigenvalue weighted by atomic mass is 16.5. The Kier molecular flexibility index (Phi) is 2.64. The molecule has 5 atom stereocenters. The van der Waals surface area contributed by atoms with Crippen LogP contribution in [0.5, 0.6) is 0 Å². The minimum atomic E-state index is -0.886. The van der Waals surface area contributed by atoms with E-state index in [1.807, 2.05) is 13.8 Å². The van der Waals surface area contributed by atoms with Crippen LogP contribution >= 0.6 is 0 Å². The van der Waals surface area contributed by atoms with Crippen LogP contribution in [0.3, 0.4) is 0 Å². The molecule has 0 unspecified atom stereocenters. The van der Waals surface area contributed by atoms with Crippen molar-refractivity contribution in [3.05, 3.63) is 11.1 Å². The van der Waals surface area contributed by atoms with Crippen molar-refractivity contribution in [2.24, 2.45) is 11.8 Å². The van der Waals surface area contributed by atoms with Gasteiger partial charge in [0.2, 0.25) is 0 Å². The third kappa shape index (κ3) is 1.84. The predicted molar refractivity (Wildman–Crippen MR) is 69.3 cm³/mol. The zero-order valence-corrected chi connectivity index (χ0v) is 11.8. The van der Waals surface area contributed by atoms with Crippen LogP contribution in [0, 0.1) is 11.8 Å². The molecule has 0 aromatic carbocycles. The number of carbonyl (C=O) groups excluding carboxylic acids is 1. The van der Waals surface area contributed by atoms with Crippen LogP contribution in [-0.4, -0.2) is 33.5 Å². The van der Waals surface area contributed by atoms with E-state index in [-0.39, 0.29) is 23.9 Å². The molecular weight excluding hydrogens is 244 g/mol. The van der Waals surface area contributed by atoms with E-state index >= 15 is 0 Å². The van der Waals surface area contributed by atoms with Crippen LogP contribution in [0.25, 0.3) is 0 Å². The molecule has 0 saturated heterocycles. The predicted octanol–water partition coefficient (Wildman–Crippen LogP) is 1.55. The molecule has 19 heavy (non-hydrogen) atoms. The van der Waals surface area contributed by atoms with Crippen molar-refractivity contribution in [1.82, 2.24) is 0 Å². The molecule has 0 radical (unpaired) electrons. The highest BCUT2D eigenvalue weighted by molar-refractivity contribution is 5.91. The van der Waals surface area contributed by atoms with Gasteiger partial charge < -0.3 is 14.9 Å². The van der Waals surface area contributed by atoms with Crippen molar-refractivity contribution in [3.63, 3.8) is 0 Å². The second-order valence-corrected chi connectivity index (χ2v) is 6.92. The van der Waals surface area contributed by atoms with Crippen LogP contribution in [0.15, 0.2) is 11.1 Å². The average Bonchev–Trinajstić information content (AvgIpc) is 2.66. The van der Waals surface area contributed by atoms with Gasteiger partial charge in [-0.1, -0.05) is 0 Å². The monoisotopic (exact) mass is 266 g/mol. The molecule has 1 heterocycles. The molecule has 2 aliphatic carbocycles. The summed E-state index contributed by atoms with van der Waals surface area (Å²) in [5.41, 5.74) is 0.00869. The van der Waals surface area contributed by atoms with Gasteiger partial charge >= 0.3 is 5.97 Å². The maximum atomic E-state index is 11.7. The summed E-state index contributed by atoms with van der Waals surface area (Å²) in [4.78, 5) is 11.7. The normalized spacial score (nSPS) is 49.7. The summed E-state index contributed by atoms with van der Waals surface area (Å²) < 4.78 is 5.37.